The fraction of sp³-hybridized carbons (Fsp3) is 0.286. The summed E-state index contributed by atoms with van der Waals surface area (Å²) in [6.45, 7) is 5.78. The number of carbonyl (C=O) groups excluding carboxylic acids is 2. The molecule has 0 aromatic heterocycles. The highest BCUT2D eigenvalue weighted by Gasteiger charge is 2.09. The SMILES string of the molecule is CCOC(=O)c1cccc(C(=O)C=C(C)C)c1. The van der Waals surface area contributed by atoms with Gasteiger partial charge in [0.05, 0.1) is 12.2 Å². The molecule has 1 aromatic carbocycles. The van der Waals surface area contributed by atoms with E-state index in [1.54, 1.807) is 37.3 Å². The van der Waals surface area contributed by atoms with Crippen molar-refractivity contribution in [3.63, 3.8) is 0 Å². The smallest absolute Gasteiger partial charge is 0.338 e. The van der Waals surface area contributed by atoms with Gasteiger partial charge in [-0.05, 0) is 39.0 Å². The van der Waals surface area contributed by atoms with E-state index in [9.17, 15) is 9.59 Å². The predicted molar refractivity (Wildman–Crippen MR) is 66.2 cm³/mol. The van der Waals surface area contributed by atoms with Gasteiger partial charge < -0.3 is 4.74 Å². The second kappa shape index (κ2) is 5.99. The van der Waals surface area contributed by atoms with Crippen LogP contribution < -0.4 is 0 Å². The Labute approximate surface area is 101 Å². The van der Waals surface area contributed by atoms with Crippen LogP contribution in [0.25, 0.3) is 0 Å². The molecular formula is C14H16O3. The van der Waals surface area contributed by atoms with E-state index in [1.807, 2.05) is 13.8 Å². The van der Waals surface area contributed by atoms with Crippen molar-refractivity contribution in [1.82, 2.24) is 0 Å². The van der Waals surface area contributed by atoms with Crippen molar-refractivity contribution < 1.29 is 14.3 Å². The molecule has 0 spiro atoms. The highest BCUT2D eigenvalue weighted by molar-refractivity contribution is 6.06. The van der Waals surface area contributed by atoms with Crippen molar-refractivity contribution in [2.75, 3.05) is 6.61 Å². The zero-order valence-corrected chi connectivity index (χ0v) is 10.3. The fourth-order valence-corrected chi connectivity index (χ4v) is 1.36. The standard InChI is InChI=1S/C14H16O3/c1-4-17-14(16)12-7-5-6-11(9-12)13(15)8-10(2)3/h5-9H,4H2,1-3H3. The van der Waals surface area contributed by atoms with Gasteiger partial charge in [0, 0.05) is 5.56 Å². The summed E-state index contributed by atoms with van der Waals surface area (Å²) in [4.78, 5) is 23.3. The van der Waals surface area contributed by atoms with Crippen molar-refractivity contribution in [3.05, 3.63) is 47.0 Å². The van der Waals surface area contributed by atoms with Crippen molar-refractivity contribution in [3.8, 4) is 0 Å². The quantitative estimate of drug-likeness (QED) is 0.455. The Morgan fingerprint density at radius 3 is 2.47 bits per heavy atom. The van der Waals surface area contributed by atoms with Crippen LogP contribution in [-0.2, 0) is 4.74 Å². The van der Waals surface area contributed by atoms with E-state index in [4.69, 9.17) is 4.74 Å². The van der Waals surface area contributed by atoms with Crippen LogP contribution in [0.1, 0.15) is 41.5 Å². The number of esters is 1. The molecule has 0 aliphatic heterocycles. The lowest BCUT2D eigenvalue weighted by atomic mass is 10.1. The van der Waals surface area contributed by atoms with E-state index in [1.165, 1.54) is 0 Å². The van der Waals surface area contributed by atoms with Gasteiger partial charge in [0.25, 0.3) is 0 Å². The maximum absolute atomic E-state index is 11.8. The number of carbonyl (C=O) groups is 2. The summed E-state index contributed by atoms with van der Waals surface area (Å²) in [5.41, 5.74) is 1.83. The summed E-state index contributed by atoms with van der Waals surface area (Å²) in [5.74, 6) is -0.504. The summed E-state index contributed by atoms with van der Waals surface area (Å²) in [7, 11) is 0. The number of rotatable bonds is 4. The molecule has 0 fully saturated rings. The maximum atomic E-state index is 11.8. The summed E-state index contributed by atoms with van der Waals surface area (Å²) >= 11 is 0. The minimum absolute atomic E-state index is 0.101. The first kappa shape index (κ1) is 13.2. The fourth-order valence-electron chi connectivity index (χ4n) is 1.36. The number of ketones is 1. The topological polar surface area (TPSA) is 43.4 Å². The van der Waals surface area contributed by atoms with Gasteiger partial charge in [0.1, 0.15) is 0 Å². The largest absolute Gasteiger partial charge is 0.462 e. The normalized spacial score (nSPS) is 9.59. The van der Waals surface area contributed by atoms with E-state index in [-0.39, 0.29) is 5.78 Å². The molecule has 3 nitrogen and oxygen atoms in total. The van der Waals surface area contributed by atoms with E-state index < -0.39 is 5.97 Å². The van der Waals surface area contributed by atoms with Crippen LogP contribution in [0.4, 0.5) is 0 Å². The molecule has 0 aliphatic carbocycles. The van der Waals surface area contributed by atoms with Crippen molar-refractivity contribution in [2.24, 2.45) is 0 Å². The number of hydrogen-bond donors (Lipinski definition) is 0. The zero-order valence-electron chi connectivity index (χ0n) is 10.3. The van der Waals surface area contributed by atoms with Gasteiger partial charge in [-0.2, -0.15) is 0 Å². The van der Waals surface area contributed by atoms with E-state index >= 15 is 0 Å². The van der Waals surface area contributed by atoms with Gasteiger partial charge in [0.2, 0.25) is 0 Å². The number of ether oxygens (including phenoxy) is 1. The second-order valence-corrected chi connectivity index (χ2v) is 3.89. The molecule has 0 radical (unpaired) electrons. The third kappa shape index (κ3) is 3.87. The lowest BCUT2D eigenvalue weighted by Gasteiger charge is -2.03. The zero-order chi connectivity index (χ0) is 12.8. The van der Waals surface area contributed by atoms with Gasteiger partial charge in [-0.3, -0.25) is 4.79 Å². The summed E-state index contributed by atoms with van der Waals surface area (Å²) in [6.07, 6.45) is 1.55. The molecule has 0 atom stereocenters. The highest BCUT2D eigenvalue weighted by atomic mass is 16.5. The Kier molecular flexibility index (Phi) is 4.64. The average Bonchev–Trinajstić information content (AvgIpc) is 2.28. The van der Waals surface area contributed by atoms with Crippen molar-refractivity contribution in [2.45, 2.75) is 20.8 Å². The maximum Gasteiger partial charge on any atom is 0.338 e. The lowest BCUT2D eigenvalue weighted by Crippen LogP contribution is -2.06. The molecule has 3 heteroatoms. The predicted octanol–water partition coefficient (Wildman–Crippen LogP) is 3.01. The Morgan fingerprint density at radius 2 is 1.88 bits per heavy atom. The van der Waals surface area contributed by atoms with Crippen molar-refractivity contribution >= 4 is 11.8 Å². The molecule has 90 valence electrons. The molecule has 0 aliphatic rings. The Balaban J connectivity index is 2.97. The molecule has 0 saturated heterocycles. The minimum atomic E-state index is -0.403. The van der Waals surface area contributed by atoms with Gasteiger partial charge in [-0.1, -0.05) is 17.7 Å². The number of benzene rings is 1. The molecule has 0 saturated carbocycles. The molecule has 1 aromatic rings. The average molecular weight is 232 g/mol. The molecule has 0 heterocycles. The molecule has 0 N–H and O–H groups in total. The second-order valence-electron chi connectivity index (χ2n) is 3.89. The van der Waals surface area contributed by atoms with Gasteiger partial charge in [-0.25, -0.2) is 4.79 Å². The van der Waals surface area contributed by atoms with Crippen LogP contribution in [-0.4, -0.2) is 18.4 Å². The van der Waals surface area contributed by atoms with Crippen LogP contribution in [0.2, 0.25) is 0 Å². The first-order chi connectivity index (χ1) is 8.04. The highest BCUT2D eigenvalue weighted by Crippen LogP contribution is 2.09. The Bertz CT molecular complexity index is 454. The van der Waals surface area contributed by atoms with Crippen LogP contribution in [0.5, 0.6) is 0 Å². The molecule has 1 rings (SSSR count). The first-order valence-electron chi connectivity index (χ1n) is 5.51. The molecular weight excluding hydrogens is 216 g/mol. The molecule has 0 amide bonds. The molecule has 0 unspecified atom stereocenters. The van der Waals surface area contributed by atoms with Crippen LogP contribution in [0.15, 0.2) is 35.9 Å². The third-order valence-corrected chi connectivity index (χ3v) is 2.08. The number of allylic oxidation sites excluding steroid dienone is 2. The minimum Gasteiger partial charge on any atom is -0.462 e. The monoisotopic (exact) mass is 232 g/mol. The van der Waals surface area contributed by atoms with Crippen molar-refractivity contribution in [1.29, 1.82) is 0 Å². The van der Waals surface area contributed by atoms with Crippen LogP contribution in [0, 0.1) is 0 Å². The molecule has 0 bridgehead atoms. The third-order valence-electron chi connectivity index (χ3n) is 2.08. The Morgan fingerprint density at radius 1 is 1.24 bits per heavy atom. The molecule has 17 heavy (non-hydrogen) atoms. The first-order valence-corrected chi connectivity index (χ1v) is 5.51. The van der Waals surface area contributed by atoms with Crippen LogP contribution >= 0.6 is 0 Å². The lowest BCUT2D eigenvalue weighted by molar-refractivity contribution is 0.0526. The van der Waals surface area contributed by atoms with Gasteiger partial charge >= 0.3 is 5.97 Å². The van der Waals surface area contributed by atoms with E-state index in [0.29, 0.717) is 17.7 Å². The summed E-state index contributed by atoms with van der Waals surface area (Å²) < 4.78 is 4.88. The van der Waals surface area contributed by atoms with Gasteiger partial charge in [-0.15, -0.1) is 0 Å². The summed E-state index contributed by atoms with van der Waals surface area (Å²) in [5, 5.41) is 0. The van der Waals surface area contributed by atoms with E-state index in [2.05, 4.69) is 0 Å². The summed E-state index contributed by atoms with van der Waals surface area (Å²) in [6, 6.07) is 6.56. The van der Waals surface area contributed by atoms with Gasteiger partial charge in [0.15, 0.2) is 5.78 Å². The number of hydrogen-bond acceptors (Lipinski definition) is 3. The van der Waals surface area contributed by atoms with E-state index in [0.717, 1.165) is 5.57 Å². The van der Waals surface area contributed by atoms with Crippen LogP contribution in [0.3, 0.4) is 0 Å². The Hall–Kier alpha value is -1.90.